The van der Waals surface area contributed by atoms with Crippen LogP contribution in [0, 0.1) is 6.92 Å². The molecule has 1 spiro atoms. The quantitative estimate of drug-likeness (QED) is 0.156. The van der Waals surface area contributed by atoms with Crippen molar-refractivity contribution < 1.29 is 0 Å². The van der Waals surface area contributed by atoms with E-state index in [2.05, 4.69) is 232 Å². The van der Waals surface area contributed by atoms with Crippen LogP contribution in [-0.4, -0.2) is 9.97 Å². The molecule has 0 unspecified atom stereocenters. The van der Waals surface area contributed by atoms with Crippen LogP contribution in [0.25, 0.3) is 67.0 Å². The summed E-state index contributed by atoms with van der Waals surface area (Å²) in [5.41, 5.74) is 18.2. The Labute approximate surface area is 382 Å². The normalized spacial score (nSPS) is 13.1. The maximum Gasteiger partial charge on any atom is 0.160 e. The van der Waals surface area contributed by atoms with Crippen LogP contribution in [0.2, 0.25) is 0 Å². The van der Waals surface area contributed by atoms with Crippen LogP contribution < -0.4 is 0 Å². The van der Waals surface area contributed by atoms with E-state index in [4.69, 9.17) is 9.97 Å². The van der Waals surface area contributed by atoms with Crippen LogP contribution in [0.1, 0.15) is 27.8 Å². The number of rotatable bonds is 6. The molecule has 0 saturated carbocycles. The number of hydrogen-bond acceptors (Lipinski definition) is 4. The molecule has 10 aromatic rings. The molecule has 0 N–H and O–H groups in total. The van der Waals surface area contributed by atoms with Crippen molar-refractivity contribution >= 4 is 23.5 Å². The molecule has 9 aromatic carbocycles. The van der Waals surface area contributed by atoms with E-state index >= 15 is 0 Å². The van der Waals surface area contributed by atoms with Crippen LogP contribution in [0.3, 0.4) is 0 Å². The highest BCUT2D eigenvalue weighted by Crippen LogP contribution is 2.61. The summed E-state index contributed by atoms with van der Waals surface area (Å²) in [4.78, 5) is 14.7. The van der Waals surface area contributed by atoms with Crippen molar-refractivity contribution in [1.29, 1.82) is 0 Å². The predicted octanol–water partition coefficient (Wildman–Crippen LogP) is 16.1. The minimum atomic E-state index is -0.558. The van der Waals surface area contributed by atoms with E-state index in [0.717, 1.165) is 44.2 Å². The van der Waals surface area contributed by atoms with E-state index < -0.39 is 5.41 Å². The zero-order chi connectivity index (χ0) is 42.6. The molecule has 0 bridgehead atoms. The van der Waals surface area contributed by atoms with Gasteiger partial charge in [-0.3, -0.25) is 0 Å². The Balaban J connectivity index is 1.11. The molecule has 4 heteroatoms. The third kappa shape index (κ3) is 6.20. The van der Waals surface area contributed by atoms with Crippen LogP contribution >= 0.6 is 23.5 Å². The Morgan fingerprint density at radius 1 is 0.359 bits per heavy atom. The fourth-order valence-electron chi connectivity index (χ4n) is 10.0. The lowest BCUT2D eigenvalue weighted by Gasteiger charge is -2.44. The minimum absolute atomic E-state index is 0.558. The van der Waals surface area contributed by atoms with Gasteiger partial charge in [-0.05, 0) is 115 Å². The van der Waals surface area contributed by atoms with Crippen LogP contribution in [0.5, 0.6) is 0 Å². The van der Waals surface area contributed by atoms with Gasteiger partial charge in [0.1, 0.15) is 5.03 Å². The highest BCUT2D eigenvalue weighted by Gasteiger charge is 2.49. The van der Waals surface area contributed by atoms with Crippen molar-refractivity contribution in [3.8, 4) is 67.0 Å². The van der Waals surface area contributed by atoms with Crippen molar-refractivity contribution in [1.82, 2.24) is 9.97 Å². The first kappa shape index (κ1) is 38.4. The van der Waals surface area contributed by atoms with Gasteiger partial charge in [0.2, 0.25) is 0 Å². The van der Waals surface area contributed by atoms with Gasteiger partial charge in [-0.25, -0.2) is 9.97 Å². The van der Waals surface area contributed by atoms with E-state index in [-0.39, 0.29) is 0 Å². The lowest BCUT2D eigenvalue weighted by Crippen LogP contribution is -2.37. The molecule has 2 nitrogen and oxygen atoms in total. The number of fused-ring (bicyclic) bond motifs is 8. The summed E-state index contributed by atoms with van der Waals surface area (Å²) >= 11 is 3.61. The van der Waals surface area contributed by atoms with E-state index in [1.807, 2.05) is 11.8 Å². The standard InChI is InChI=1S/C60H40N2S2/c1-39-34-35-44(47-37-46(40-20-6-2-7-21-40)55(41-22-8-3-9-23-41)57(43-26-12-5-13-27-43)56(47)42-24-10-4-11-25-42)36-45(39)58-61-38-51-59(62-58)64-54-33-19-16-30-50(54)60(51)48-28-14-17-31-52(48)63-53-32-18-15-29-49(53)60/h2-38H,1H3. The largest absolute Gasteiger partial charge is 0.236 e. The van der Waals surface area contributed by atoms with Crippen molar-refractivity contribution in [2.45, 2.75) is 32.1 Å². The lowest BCUT2D eigenvalue weighted by atomic mass is 9.65. The maximum atomic E-state index is 5.58. The fourth-order valence-corrected chi connectivity index (χ4v) is 12.3. The first-order valence-electron chi connectivity index (χ1n) is 21.7. The third-order valence-electron chi connectivity index (χ3n) is 12.8. The average Bonchev–Trinajstić information content (AvgIpc) is 3.36. The highest BCUT2D eigenvalue weighted by atomic mass is 32.2. The second-order valence-corrected chi connectivity index (χ2v) is 18.6. The molecule has 0 radical (unpaired) electrons. The van der Waals surface area contributed by atoms with Gasteiger partial charge < -0.3 is 0 Å². The van der Waals surface area contributed by atoms with Crippen LogP contribution in [0.15, 0.2) is 244 Å². The summed E-state index contributed by atoms with van der Waals surface area (Å²) in [6.45, 7) is 2.18. The number of benzene rings is 9. The number of aromatic nitrogens is 2. The van der Waals surface area contributed by atoms with Gasteiger partial charge in [-0.15, -0.1) is 0 Å². The number of hydrogen-bond donors (Lipinski definition) is 0. The van der Waals surface area contributed by atoms with Gasteiger partial charge in [0.15, 0.2) is 5.82 Å². The zero-order valence-corrected chi connectivity index (χ0v) is 36.7. The first-order valence-corrected chi connectivity index (χ1v) is 23.4. The molecule has 64 heavy (non-hydrogen) atoms. The molecule has 1 aromatic heterocycles. The van der Waals surface area contributed by atoms with Crippen molar-refractivity contribution in [3.63, 3.8) is 0 Å². The van der Waals surface area contributed by atoms with Crippen LogP contribution in [0.4, 0.5) is 0 Å². The summed E-state index contributed by atoms with van der Waals surface area (Å²) < 4.78 is 0. The second-order valence-electron chi connectivity index (χ2n) is 16.4. The molecule has 2 aliphatic rings. The molecular formula is C60H40N2S2. The average molecular weight is 853 g/mol. The van der Waals surface area contributed by atoms with Crippen molar-refractivity contribution in [2.75, 3.05) is 0 Å². The van der Waals surface area contributed by atoms with Crippen molar-refractivity contribution in [3.05, 3.63) is 252 Å². The van der Waals surface area contributed by atoms with Gasteiger partial charge in [0, 0.05) is 32.0 Å². The molecule has 0 atom stereocenters. The summed E-state index contributed by atoms with van der Waals surface area (Å²) in [5.74, 6) is 0.723. The molecule has 12 rings (SSSR count). The molecule has 0 fully saturated rings. The second kappa shape index (κ2) is 15.8. The molecule has 2 aliphatic heterocycles. The topological polar surface area (TPSA) is 25.8 Å². The molecule has 0 aliphatic carbocycles. The highest BCUT2D eigenvalue weighted by molar-refractivity contribution is 7.99. The third-order valence-corrected chi connectivity index (χ3v) is 15.1. The van der Waals surface area contributed by atoms with Gasteiger partial charge in [0.05, 0.1) is 5.41 Å². The number of nitrogens with zero attached hydrogens (tertiary/aromatic N) is 2. The SMILES string of the molecule is Cc1ccc(-c2cc(-c3ccccc3)c(-c3ccccc3)c(-c3ccccc3)c2-c2ccccc2)cc1-c1ncc2c(n1)Sc1ccccc1C21c2ccccc2Sc2ccccc21. The number of aryl methyl sites for hydroxylation is 1. The molecular weight excluding hydrogens is 813 g/mol. The van der Waals surface area contributed by atoms with Crippen LogP contribution in [-0.2, 0) is 5.41 Å². The Morgan fingerprint density at radius 2 is 0.797 bits per heavy atom. The fraction of sp³-hybridized carbons (Fsp3) is 0.0333. The monoisotopic (exact) mass is 852 g/mol. The summed E-state index contributed by atoms with van der Waals surface area (Å²) in [5, 5.41) is 0.986. The first-order chi connectivity index (χ1) is 31.7. The smallest absolute Gasteiger partial charge is 0.160 e. The Hall–Kier alpha value is -7.24. The van der Waals surface area contributed by atoms with E-state index in [0.29, 0.717) is 0 Å². The zero-order valence-electron chi connectivity index (χ0n) is 35.1. The minimum Gasteiger partial charge on any atom is -0.236 e. The summed E-state index contributed by atoms with van der Waals surface area (Å²) in [6, 6.07) is 79.4. The van der Waals surface area contributed by atoms with Gasteiger partial charge >= 0.3 is 0 Å². The molecule has 0 amide bonds. The lowest BCUT2D eigenvalue weighted by molar-refractivity contribution is 0.651. The molecule has 3 heterocycles. The summed E-state index contributed by atoms with van der Waals surface area (Å²) in [6.07, 6.45) is 2.13. The van der Waals surface area contributed by atoms with Gasteiger partial charge in [0.25, 0.3) is 0 Å². The van der Waals surface area contributed by atoms with Gasteiger partial charge in [-0.1, -0.05) is 212 Å². The van der Waals surface area contributed by atoms with E-state index in [9.17, 15) is 0 Å². The Kier molecular flexibility index (Phi) is 9.51. The van der Waals surface area contributed by atoms with Gasteiger partial charge in [-0.2, -0.15) is 0 Å². The maximum absolute atomic E-state index is 5.58. The summed E-state index contributed by atoms with van der Waals surface area (Å²) in [7, 11) is 0. The predicted molar refractivity (Wildman–Crippen MR) is 266 cm³/mol. The Morgan fingerprint density at radius 3 is 1.33 bits per heavy atom. The molecule has 0 saturated heterocycles. The Bertz CT molecular complexity index is 3320. The van der Waals surface area contributed by atoms with E-state index in [1.54, 1.807) is 11.8 Å². The van der Waals surface area contributed by atoms with Crippen molar-refractivity contribution in [2.24, 2.45) is 0 Å². The van der Waals surface area contributed by atoms with E-state index in [1.165, 1.54) is 70.3 Å². The molecule has 302 valence electrons.